The van der Waals surface area contributed by atoms with Crippen LogP contribution in [0.15, 0.2) is 53.1 Å². The Balaban J connectivity index is 2.03. The molecule has 20 heavy (non-hydrogen) atoms. The molecule has 1 amide bonds. The number of rotatable bonds is 2. The zero-order valence-corrected chi connectivity index (χ0v) is 12.4. The van der Waals surface area contributed by atoms with Crippen LogP contribution in [-0.4, -0.2) is 15.3 Å². The summed E-state index contributed by atoms with van der Waals surface area (Å²) in [6.45, 7) is 1.83. The molecule has 1 N–H and O–H groups in total. The molecule has 0 aliphatic carbocycles. The van der Waals surface area contributed by atoms with Gasteiger partial charge in [-0.3, -0.25) is 9.20 Å². The quantitative estimate of drug-likeness (QED) is 0.779. The molecule has 0 unspecified atom stereocenters. The normalized spacial score (nSPS) is 10.7. The first-order valence-corrected chi connectivity index (χ1v) is 6.95. The van der Waals surface area contributed by atoms with E-state index >= 15 is 0 Å². The fraction of sp³-hybridized carbons (Fsp3) is 0.0667. The van der Waals surface area contributed by atoms with Gasteiger partial charge < -0.3 is 5.32 Å². The number of fused-ring (bicyclic) bond motifs is 1. The number of anilines is 1. The van der Waals surface area contributed by atoms with Crippen LogP contribution in [0.5, 0.6) is 0 Å². The van der Waals surface area contributed by atoms with Crippen LogP contribution in [0.3, 0.4) is 0 Å². The minimum absolute atomic E-state index is 0.167. The first-order chi connectivity index (χ1) is 9.65. The van der Waals surface area contributed by atoms with Crippen LogP contribution >= 0.6 is 15.9 Å². The zero-order valence-electron chi connectivity index (χ0n) is 10.8. The molecule has 0 bridgehead atoms. The first kappa shape index (κ1) is 12.9. The number of hydrogen-bond acceptors (Lipinski definition) is 2. The van der Waals surface area contributed by atoms with Gasteiger partial charge >= 0.3 is 0 Å². The van der Waals surface area contributed by atoms with Crippen molar-refractivity contribution in [1.82, 2.24) is 9.38 Å². The number of carbonyl (C=O) groups excluding carboxylic acids is 1. The van der Waals surface area contributed by atoms with Gasteiger partial charge in [0.15, 0.2) is 0 Å². The molecule has 5 heteroatoms. The predicted octanol–water partition coefficient (Wildman–Crippen LogP) is 3.66. The van der Waals surface area contributed by atoms with Crippen LogP contribution in [-0.2, 0) is 0 Å². The zero-order chi connectivity index (χ0) is 14.1. The molecule has 2 heterocycles. The van der Waals surface area contributed by atoms with Crippen molar-refractivity contribution in [1.29, 1.82) is 0 Å². The van der Waals surface area contributed by atoms with Gasteiger partial charge in [-0.05, 0) is 47.1 Å². The third-order valence-electron chi connectivity index (χ3n) is 3.00. The highest BCUT2D eigenvalue weighted by Crippen LogP contribution is 2.18. The van der Waals surface area contributed by atoms with Crippen molar-refractivity contribution in [3.8, 4) is 0 Å². The summed E-state index contributed by atoms with van der Waals surface area (Å²) >= 11 is 3.41. The lowest BCUT2D eigenvalue weighted by atomic mass is 10.3. The molecule has 3 aromatic rings. The lowest BCUT2D eigenvalue weighted by Crippen LogP contribution is -2.15. The lowest BCUT2D eigenvalue weighted by molar-refractivity contribution is 0.102. The van der Waals surface area contributed by atoms with E-state index in [0.29, 0.717) is 11.4 Å². The van der Waals surface area contributed by atoms with Crippen LogP contribution in [0.1, 0.15) is 16.2 Å². The highest BCUT2D eigenvalue weighted by molar-refractivity contribution is 9.10. The molecule has 2 aromatic heterocycles. The van der Waals surface area contributed by atoms with Gasteiger partial charge in [-0.1, -0.05) is 18.2 Å². The fourth-order valence-corrected chi connectivity index (χ4v) is 2.46. The number of aromatic nitrogens is 2. The number of amides is 1. The van der Waals surface area contributed by atoms with E-state index in [0.717, 1.165) is 15.8 Å². The van der Waals surface area contributed by atoms with Crippen molar-refractivity contribution in [2.45, 2.75) is 6.92 Å². The maximum atomic E-state index is 12.4. The van der Waals surface area contributed by atoms with Crippen molar-refractivity contribution < 1.29 is 4.79 Å². The highest BCUT2D eigenvalue weighted by Gasteiger charge is 2.16. The molecule has 100 valence electrons. The third kappa shape index (κ3) is 2.32. The van der Waals surface area contributed by atoms with Gasteiger partial charge in [0.25, 0.3) is 5.91 Å². The molecule has 0 aliphatic heterocycles. The summed E-state index contributed by atoms with van der Waals surface area (Å²) in [6.07, 6.45) is 1.84. The summed E-state index contributed by atoms with van der Waals surface area (Å²) in [5.41, 5.74) is 2.77. The monoisotopic (exact) mass is 329 g/mol. The lowest BCUT2D eigenvalue weighted by Gasteiger charge is -2.06. The number of halogens is 1. The van der Waals surface area contributed by atoms with Crippen molar-refractivity contribution >= 4 is 33.2 Å². The second-order valence-electron chi connectivity index (χ2n) is 4.44. The van der Waals surface area contributed by atoms with Crippen molar-refractivity contribution in [3.63, 3.8) is 0 Å². The van der Waals surface area contributed by atoms with E-state index in [9.17, 15) is 4.79 Å². The number of imidazole rings is 1. The molecule has 0 atom stereocenters. The number of nitrogens with zero attached hydrogens (tertiary/aromatic N) is 2. The molecule has 4 nitrogen and oxygen atoms in total. The predicted molar refractivity (Wildman–Crippen MR) is 82.0 cm³/mol. The fourth-order valence-electron chi connectivity index (χ4n) is 2.12. The second-order valence-corrected chi connectivity index (χ2v) is 5.36. The summed E-state index contributed by atoms with van der Waals surface area (Å²) in [4.78, 5) is 16.8. The minimum Gasteiger partial charge on any atom is -0.321 e. The Morgan fingerprint density at radius 1 is 1.20 bits per heavy atom. The summed E-state index contributed by atoms with van der Waals surface area (Å²) in [5.74, 6) is -0.167. The van der Waals surface area contributed by atoms with Gasteiger partial charge in [-0.15, -0.1) is 0 Å². The SMILES string of the molecule is Cc1nc2ccc(Br)cn2c1C(=O)Nc1ccccc1. The molecular weight excluding hydrogens is 318 g/mol. The van der Waals surface area contributed by atoms with Crippen LogP contribution in [0.2, 0.25) is 0 Å². The number of nitrogens with one attached hydrogen (secondary N) is 1. The first-order valence-electron chi connectivity index (χ1n) is 6.16. The van der Waals surface area contributed by atoms with Crippen LogP contribution in [0.4, 0.5) is 5.69 Å². The van der Waals surface area contributed by atoms with E-state index in [1.165, 1.54) is 0 Å². The number of pyridine rings is 1. The Morgan fingerprint density at radius 3 is 2.70 bits per heavy atom. The molecule has 0 aliphatic rings. The van der Waals surface area contributed by atoms with E-state index in [4.69, 9.17) is 0 Å². The maximum Gasteiger partial charge on any atom is 0.274 e. The van der Waals surface area contributed by atoms with E-state index in [-0.39, 0.29) is 5.91 Å². The van der Waals surface area contributed by atoms with E-state index in [1.807, 2.05) is 55.6 Å². The van der Waals surface area contributed by atoms with Crippen molar-refractivity contribution in [2.75, 3.05) is 5.32 Å². The van der Waals surface area contributed by atoms with E-state index in [1.54, 1.807) is 4.40 Å². The molecular formula is C15H12BrN3O. The molecule has 0 saturated heterocycles. The topological polar surface area (TPSA) is 46.4 Å². The Kier molecular flexibility index (Phi) is 3.28. The number of para-hydroxylation sites is 1. The minimum atomic E-state index is -0.167. The summed E-state index contributed by atoms with van der Waals surface area (Å²) in [7, 11) is 0. The number of hydrogen-bond donors (Lipinski definition) is 1. The maximum absolute atomic E-state index is 12.4. The highest BCUT2D eigenvalue weighted by atomic mass is 79.9. The molecule has 0 saturated carbocycles. The van der Waals surface area contributed by atoms with Crippen LogP contribution < -0.4 is 5.32 Å². The van der Waals surface area contributed by atoms with Gasteiger partial charge in [0.1, 0.15) is 11.3 Å². The molecule has 0 fully saturated rings. The largest absolute Gasteiger partial charge is 0.321 e. The van der Waals surface area contributed by atoms with Crippen molar-refractivity contribution in [2.24, 2.45) is 0 Å². The average molecular weight is 330 g/mol. The summed E-state index contributed by atoms with van der Waals surface area (Å²) in [5, 5.41) is 2.88. The second kappa shape index (κ2) is 5.09. The van der Waals surface area contributed by atoms with Gasteiger partial charge in [0.05, 0.1) is 5.69 Å². The number of benzene rings is 1. The van der Waals surface area contributed by atoms with Crippen molar-refractivity contribution in [3.05, 3.63) is 64.5 Å². The molecule has 3 rings (SSSR count). The summed E-state index contributed by atoms with van der Waals surface area (Å²) in [6, 6.07) is 13.2. The summed E-state index contributed by atoms with van der Waals surface area (Å²) < 4.78 is 2.69. The third-order valence-corrected chi connectivity index (χ3v) is 3.47. The average Bonchev–Trinajstić information content (AvgIpc) is 2.75. The molecule has 1 aromatic carbocycles. The van der Waals surface area contributed by atoms with Gasteiger partial charge in [0.2, 0.25) is 0 Å². The number of carbonyl (C=O) groups is 1. The van der Waals surface area contributed by atoms with Gasteiger partial charge in [0, 0.05) is 16.4 Å². The van der Waals surface area contributed by atoms with Crippen LogP contribution in [0.25, 0.3) is 5.65 Å². The Morgan fingerprint density at radius 2 is 1.95 bits per heavy atom. The van der Waals surface area contributed by atoms with E-state index < -0.39 is 0 Å². The smallest absolute Gasteiger partial charge is 0.274 e. The van der Waals surface area contributed by atoms with E-state index in [2.05, 4.69) is 26.2 Å². The number of aryl methyl sites for hydroxylation is 1. The Labute approximate surface area is 124 Å². The molecule has 0 radical (unpaired) electrons. The standard InChI is InChI=1S/C15H12BrN3O/c1-10-14(15(20)18-12-5-3-2-4-6-12)19-9-11(16)7-8-13(19)17-10/h2-9H,1H3,(H,18,20). The Hall–Kier alpha value is -2.14. The Bertz CT molecular complexity index is 780. The van der Waals surface area contributed by atoms with Gasteiger partial charge in [-0.2, -0.15) is 0 Å². The van der Waals surface area contributed by atoms with Crippen LogP contribution in [0, 0.1) is 6.92 Å². The van der Waals surface area contributed by atoms with Gasteiger partial charge in [-0.25, -0.2) is 4.98 Å². The molecule has 0 spiro atoms.